The molecule has 22 heavy (non-hydrogen) atoms. The van der Waals surface area contributed by atoms with E-state index in [0.29, 0.717) is 6.42 Å². The quantitative estimate of drug-likeness (QED) is 0.874. The Bertz CT molecular complexity index is 656. The number of sulfone groups is 1. The van der Waals surface area contributed by atoms with Crippen molar-refractivity contribution >= 4 is 21.7 Å². The lowest BCUT2D eigenvalue weighted by Gasteiger charge is -2.28. The molecule has 1 saturated heterocycles. The molecule has 1 aliphatic heterocycles. The molecule has 0 aromatic heterocycles. The van der Waals surface area contributed by atoms with Gasteiger partial charge in [-0.3, -0.25) is 4.79 Å². The van der Waals surface area contributed by atoms with E-state index in [-0.39, 0.29) is 18.7 Å². The molecule has 0 bridgehead atoms. The number of carboxylic acids is 1. The zero-order valence-corrected chi connectivity index (χ0v) is 13.1. The number of benzene rings is 1. The van der Waals surface area contributed by atoms with E-state index in [2.05, 4.69) is 0 Å². The van der Waals surface area contributed by atoms with Gasteiger partial charge >= 0.3 is 5.97 Å². The smallest absolute Gasteiger partial charge is 0.326 e. The first-order valence-electron chi connectivity index (χ1n) is 7.11. The second-order valence-corrected chi connectivity index (χ2v) is 7.77. The minimum absolute atomic E-state index is 0.00988. The van der Waals surface area contributed by atoms with Crippen molar-refractivity contribution in [1.29, 1.82) is 0 Å². The number of carbonyl (C=O) groups is 2. The lowest BCUT2D eigenvalue weighted by atomic mass is 10.1. The molecule has 1 amide bonds. The number of aliphatic carboxylic acids is 1. The van der Waals surface area contributed by atoms with Crippen LogP contribution in [0.25, 0.3) is 0 Å². The highest BCUT2D eigenvalue weighted by Crippen LogP contribution is 2.24. The highest BCUT2D eigenvalue weighted by molar-refractivity contribution is 7.93. The predicted molar refractivity (Wildman–Crippen MR) is 80.9 cm³/mol. The Morgan fingerprint density at radius 3 is 2.45 bits per heavy atom. The van der Waals surface area contributed by atoms with E-state index < -0.39 is 33.0 Å². The molecular weight excluding hydrogens is 306 g/mol. The van der Waals surface area contributed by atoms with Crippen LogP contribution >= 0.6 is 0 Å². The maximum Gasteiger partial charge on any atom is 0.326 e. The highest BCUT2D eigenvalue weighted by Gasteiger charge is 2.41. The molecule has 1 fully saturated rings. The Morgan fingerprint density at radius 2 is 1.95 bits per heavy atom. The van der Waals surface area contributed by atoms with E-state index in [9.17, 15) is 23.1 Å². The van der Waals surface area contributed by atoms with Crippen molar-refractivity contribution in [1.82, 2.24) is 4.90 Å². The van der Waals surface area contributed by atoms with Gasteiger partial charge in [-0.1, -0.05) is 30.3 Å². The number of hydrogen-bond donors (Lipinski definition) is 1. The van der Waals surface area contributed by atoms with Gasteiger partial charge in [-0.15, -0.1) is 0 Å². The van der Waals surface area contributed by atoms with Crippen molar-refractivity contribution in [3.63, 3.8) is 0 Å². The molecule has 1 N–H and O–H groups in total. The molecular formula is C15H19NO5S. The third-order valence-electron chi connectivity index (χ3n) is 3.91. The summed E-state index contributed by atoms with van der Waals surface area (Å²) >= 11 is 0. The van der Waals surface area contributed by atoms with E-state index >= 15 is 0 Å². The summed E-state index contributed by atoms with van der Waals surface area (Å²) in [6, 6.07) is 7.86. The fourth-order valence-corrected chi connectivity index (χ4v) is 4.39. The predicted octanol–water partition coefficient (Wildman–Crippen LogP) is 1.07. The van der Waals surface area contributed by atoms with Crippen molar-refractivity contribution in [2.24, 2.45) is 0 Å². The summed E-state index contributed by atoms with van der Waals surface area (Å²) in [4.78, 5) is 25.0. The fraction of sp³-hybridized carbons (Fsp3) is 0.467. The zero-order chi connectivity index (χ0) is 16.3. The number of hydrogen-bond acceptors (Lipinski definition) is 4. The summed E-state index contributed by atoms with van der Waals surface area (Å²) < 4.78 is 23.9. The lowest BCUT2D eigenvalue weighted by molar-refractivity contribution is -0.149. The fourth-order valence-electron chi connectivity index (χ4n) is 2.57. The van der Waals surface area contributed by atoms with Gasteiger partial charge in [-0.2, -0.15) is 0 Å². The van der Waals surface area contributed by atoms with Gasteiger partial charge < -0.3 is 10.0 Å². The van der Waals surface area contributed by atoms with E-state index in [1.165, 1.54) is 6.92 Å². The standard InChI is InChI=1S/C15H19NO5S/c1-11(15(18)19)16(10-12-6-3-2-4-7-12)14(17)13-8-5-9-22(13,20)21/h2-4,6-7,11,13H,5,8-10H2,1H3,(H,18,19). The van der Waals surface area contributed by atoms with Gasteiger partial charge in [0.1, 0.15) is 11.3 Å². The first kappa shape index (κ1) is 16.5. The Morgan fingerprint density at radius 1 is 1.32 bits per heavy atom. The molecule has 2 atom stereocenters. The van der Waals surface area contributed by atoms with Crippen LogP contribution in [0.4, 0.5) is 0 Å². The summed E-state index contributed by atoms with van der Waals surface area (Å²) in [6.45, 7) is 1.48. The van der Waals surface area contributed by atoms with E-state index in [1.54, 1.807) is 24.3 Å². The molecule has 6 nitrogen and oxygen atoms in total. The second-order valence-electron chi connectivity index (χ2n) is 5.46. The van der Waals surface area contributed by atoms with E-state index in [4.69, 9.17) is 0 Å². The van der Waals surface area contributed by atoms with E-state index in [1.807, 2.05) is 6.07 Å². The first-order chi connectivity index (χ1) is 10.3. The van der Waals surface area contributed by atoms with Crippen molar-refractivity contribution in [2.45, 2.75) is 37.6 Å². The SMILES string of the molecule is CC(C(=O)O)N(Cc1ccccc1)C(=O)C1CCCS1(=O)=O. The Labute approximate surface area is 129 Å². The Balaban J connectivity index is 2.28. The number of carbonyl (C=O) groups excluding carboxylic acids is 1. The third-order valence-corrected chi connectivity index (χ3v) is 6.07. The molecule has 1 aliphatic rings. The molecule has 120 valence electrons. The maximum absolute atomic E-state index is 12.6. The highest BCUT2D eigenvalue weighted by atomic mass is 32.2. The van der Waals surface area contributed by atoms with Crippen molar-refractivity contribution < 1.29 is 23.1 Å². The first-order valence-corrected chi connectivity index (χ1v) is 8.83. The van der Waals surface area contributed by atoms with Crippen molar-refractivity contribution in [2.75, 3.05) is 5.75 Å². The van der Waals surface area contributed by atoms with Crippen LogP contribution in [-0.4, -0.2) is 47.3 Å². The molecule has 1 aromatic carbocycles. The number of rotatable bonds is 5. The van der Waals surface area contributed by atoms with Gasteiger partial charge in [0.2, 0.25) is 5.91 Å². The number of nitrogens with zero attached hydrogens (tertiary/aromatic N) is 1. The molecule has 1 aromatic rings. The van der Waals surface area contributed by atoms with Crippen LogP contribution in [0, 0.1) is 0 Å². The van der Waals surface area contributed by atoms with Gasteiger partial charge in [0.15, 0.2) is 9.84 Å². The normalized spacial score (nSPS) is 21.2. The average Bonchev–Trinajstić information content (AvgIpc) is 2.83. The molecule has 1 heterocycles. The topological polar surface area (TPSA) is 91.8 Å². The molecule has 0 radical (unpaired) electrons. The molecule has 7 heteroatoms. The van der Waals surface area contributed by atoms with Gasteiger partial charge in [0.05, 0.1) is 5.75 Å². The number of carboxylic acid groups (broad SMARTS) is 1. The monoisotopic (exact) mass is 325 g/mol. The van der Waals surface area contributed by atoms with Gasteiger partial charge in [0, 0.05) is 6.54 Å². The maximum atomic E-state index is 12.6. The zero-order valence-electron chi connectivity index (χ0n) is 12.3. The third kappa shape index (κ3) is 3.47. The summed E-state index contributed by atoms with van der Waals surface area (Å²) in [5.41, 5.74) is 0.763. The summed E-state index contributed by atoms with van der Waals surface area (Å²) in [5.74, 6) is -1.78. The largest absolute Gasteiger partial charge is 0.480 e. The summed E-state index contributed by atoms with van der Waals surface area (Å²) in [7, 11) is -3.47. The van der Waals surface area contributed by atoms with Crippen LogP contribution in [0.1, 0.15) is 25.3 Å². The Hall–Kier alpha value is -1.89. The van der Waals surface area contributed by atoms with Gasteiger partial charge in [-0.05, 0) is 25.3 Å². The Kier molecular flexibility index (Phi) is 4.85. The molecule has 2 unspecified atom stereocenters. The van der Waals surface area contributed by atoms with E-state index in [0.717, 1.165) is 10.5 Å². The lowest BCUT2D eigenvalue weighted by Crippen LogP contribution is -2.48. The minimum Gasteiger partial charge on any atom is -0.480 e. The summed E-state index contributed by atoms with van der Waals surface area (Å²) in [6.07, 6.45) is 0.707. The second kappa shape index (κ2) is 6.48. The molecule has 0 aliphatic carbocycles. The molecule has 0 spiro atoms. The van der Waals surface area contributed by atoms with Crippen molar-refractivity contribution in [3.8, 4) is 0 Å². The van der Waals surface area contributed by atoms with Crippen LogP contribution in [0.15, 0.2) is 30.3 Å². The van der Waals surface area contributed by atoms with Gasteiger partial charge in [0.25, 0.3) is 0 Å². The van der Waals surface area contributed by atoms with Crippen LogP contribution in [0.2, 0.25) is 0 Å². The van der Waals surface area contributed by atoms with Crippen molar-refractivity contribution in [3.05, 3.63) is 35.9 Å². The molecule has 0 saturated carbocycles. The minimum atomic E-state index is -3.47. The average molecular weight is 325 g/mol. The number of amides is 1. The van der Waals surface area contributed by atoms with Gasteiger partial charge in [-0.25, -0.2) is 13.2 Å². The summed E-state index contributed by atoms with van der Waals surface area (Å²) in [5, 5.41) is 8.10. The molecule has 2 rings (SSSR count). The van der Waals surface area contributed by atoms with Crippen LogP contribution < -0.4 is 0 Å². The van der Waals surface area contributed by atoms with Crippen LogP contribution in [0.3, 0.4) is 0 Å². The van der Waals surface area contributed by atoms with Crippen LogP contribution in [-0.2, 0) is 26.0 Å². The van der Waals surface area contributed by atoms with Crippen LogP contribution in [0.5, 0.6) is 0 Å².